The molecule has 1 aromatic heterocycles. The van der Waals surface area contributed by atoms with Crippen LogP contribution in [0.2, 0.25) is 0 Å². The molecular formula is C32H35ClF4N4O3S. The van der Waals surface area contributed by atoms with Crippen LogP contribution in [0.5, 0.6) is 5.75 Å². The second-order valence-corrected chi connectivity index (χ2v) is 14.7. The maximum Gasteiger partial charge on any atom is 0.402 e. The van der Waals surface area contributed by atoms with Gasteiger partial charge in [-0.3, -0.25) is 4.68 Å². The van der Waals surface area contributed by atoms with Crippen LogP contribution < -0.4 is 4.74 Å². The summed E-state index contributed by atoms with van der Waals surface area (Å²) in [5.74, 6) is -0.255. The van der Waals surface area contributed by atoms with E-state index < -0.39 is 28.5 Å². The summed E-state index contributed by atoms with van der Waals surface area (Å²) < 4.78 is 91.2. The number of aromatic nitrogens is 2. The first-order valence-corrected chi connectivity index (χ1v) is 16.7. The minimum atomic E-state index is -4.68. The van der Waals surface area contributed by atoms with Gasteiger partial charge in [0.1, 0.15) is 18.1 Å². The van der Waals surface area contributed by atoms with Crippen LogP contribution in [0, 0.1) is 23.6 Å². The lowest BCUT2D eigenvalue weighted by molar-refractivity contribution is -0.136. The Morgan fingerprint density at radius 1 is 1.07 bits per heavy atom. The number of hydrogen-bond donors (Lipinski definition) is 0. The topological polar surface area (TPSA) is 67.7 Å². The number of benzene rings is 2. The molecule has 6 rings (SSSR count). The van der Waals surface area contributed by atoms with Gasteiger partial charge in [-0.05, 0) is 103 Å². The van der Waals surface area contributed by atoms with Gasteiger partial charge in [0, 0.05) is 25.5 Å². The third-order valence-corrected chi connectivity index (χ3v) is 12.1. The van der Waals surface area contributed by atoms with Crippen molar-refractivity contribution in [1.29, 1.82) is 0 Å². The van der Waals surface area contributed by atoms with Crippen molar-refractivity contribution in [2.45, 2.75) is 49.3 Å². The number of halogens is 5. The van der Waals surface area contributed by atoms with E-state index in [1.807, 2.05) is 18.2 Å². The van der Waals surface area contributed by atoms with Crippen molar-refractivity contribution in [3.05, 3.63) is 77.7 Å². The van der Waals surface area contributed by atoms with Crippen LogP contribution >= 0.6 is 11.6 Å². The smallest absolute Gasteiger partial charge is 0.402 e. The molecule has 1 saturated heterocycles. The van der Waals surface area contributed by atoms with Gasteiger partial charge < -0.3 is 4.74 Å². The van der Waals surface area contributed by atoms with Crippen molar-refractivity contribution in [2.75, 3.05) is 20.2 Å². The second kappa shape index (κ2) is 12.0. The Kier molecular flexibility index (Phi) is 8.55. The number of allylic oxidation sites excluding steroid dienone is 1. The number of methoxy groups -OCH3 is 1. The van der Waals surface area contributed by atoms with Gasteiger partial charge in [-0.2, -0.15) is 35.3 Å². The SMILES string of the molecule is COc1ccc(CN2C3(CN(CC(F)(F)F)S2(=O)=O)C2CCC3CC(/C=C/c3cc(-c4ccc(F)cc4)n(C)n3)C(Cl)C2)cc1. The Hall–Kier alpha value is -2.93. The monoisotopic (exact) mass is 666 g/mol. The average molecular weight is 667 g/mol. The fourth-order valence-electron chi connectivity index (χ4n) is 7.61. The summed E-state index contributed by atoms with van der Waals surface area (Å²) in [6.45, 7) is -1.79. The normalized spacial score (nSPS) is 28.7. The number of alkyl halides is 4. The Morgan fingerprint density at radius 3 is 2.38 bits per heavy atom. The number of hydrogen-bond acceptors (Lipinski definition) is 4. The van der Waals surface area contributed by atoms with Gasteiger partial charge in [0.2, 0.25) is 0 Å². The van der Waals surface area contributed by atoms with Crippen molar-refractivity contribution in [2.24, 2.45) is 24.8 Å². The minimum Gasteiger partial charge on any atom is -0.497 e. The predicted octanol–water partition coefficient (Wildman–Crippen LogP) is 6.66. The van der Waals surface area contributed by atoms with E-state index in [4.69, 9.17) is 16.3 Å². The quantitative estimate of drug-likeness (QED) is 0.209. The van der Waals surface area contributed by atoms with Crippen LogP contribution in [0.15, 0.2) is 60.7 Å². The minimum absolute atomic E-state index is 0.0404. The van der Waals surface area contributed by atoms with Crippen molar-refractivity contribution < 1.29 is 30.7 Å². The fourth-order valence-corrected chi connectivity index (χ4v) is 10.1. The lowest BCUT2D eigenvalue weighted by atomic mass is 9.78. The molecule has 2 aliphatic carbocycles. The van der Waals surface area contributed by atoms with Gasteiger partial charge in [0.15, 0.2) is 0 Å². The highest BCUT2D eigenvalue weighted by atomic mass is 35.5. The van der Waals surface area contributed by atoms with Crippen LogP contribution in [0.4, 0.5) is 17.6 Å². The van der Waals surface area contributed by atoms with E-state index in [1.165, 1.54) is 23.5 Å². The van der Waals surface area contributed by atoms with Gasteiger partial charge in [-0.1, -0.05) is 18.2 Å². The maximum atomic E-state index is 13.9. The highest BCUT2D eigenvalue weighted by Gasteiger charge is 2.66. The summed E-state index contributed by atoms with van der Waals surface area (Å²) in [6.07, 6.45) is 1.61. The zero-order chi connectivity index (χ0) is 32.1. The zero-order valence-electron chi connectivity index (χ0n) is 24.9. The molecule has 13 heteroatoms. The van der Waals surface area contributed by atoms with Gasteiger partial charge in [0.05, 0.1) is 24.0 Å². The Balaban J connectivity index is 1.31. The molecule has 0 amide bonds. The summed E-state index contributed by atoms with van der Waals surface area (Å²) in [4.78, 5) is 0. The highest BCUT2D eigenvalue weighted by molar-refractivity contribution is 7.87. The molecule has 2 bridgehead atoms. The molecule has 0 N–H and O–H groups in total. The average Bonchev–Trinajstić information content (AvgIpc) is 3.55. The Morgan fingerprint density at radius 2 is 1.73 bits per heavy atom. The first-order valence-electron chi connectivity index (χ1n) is 14.9. The summed E-state index contributed by atoms with van der Waals surface area (Å²) in [5, 5.41) is 4.24. The number of ether oxygens (including phenoxy) is 1. The first kappa shape index (κ1) is 32.0. The van der Waals surface area contributed by atoms with Crippen LogP contribution in [-0.4, -0.2) is 64.1 Å². The summed E-state index contributed by atoms with van der Waals surface area (Å²) in [6, 6.07) is 15.0. The summed E-state index contributed by atoms with van der Waals surface area (Å²) in [7, 11) is -1.10. The van der Waals surface area contributed by atoms with Crippen LogP contribution in [-0.2, 0) is 23.8 Å². The van der Waals surface area contributed by atoms with Crippen LogP contribution in [0.3, 0.4) is 0 Å². The summed E-state index contributed by atoms with van der Waals surface area (Å²) >= 11 is 7.02. The summed E-state index contributed by atoms with van der Waals surface area (Å²) in [5.41, 5.74) is 1.97. The maximum absolute atomic E-state index is 13.9. The van der Waals surface area contributed by atoms with Crippen molar-refractivity contribution in [1.82, 2.24) is 18.4 Å². The van der Waals surface area contributed by atoms with E-state index in [2.05, 4.69) is 5.10 Å². The molecule has 1 aliphatic heterocycles. The molecular weight excluding hydrogens is 632 g/mol. The molecule has 2 aromatic carbocycles. The molecule has 0 radical (unpaired) electrons. The number of nitrogens with zero attached hydrogens (tertiary/aromatic N) is 4. The van der Waals surface area contributed by atoms with Crippen molar-refractivity contribution >= 4 is 27.9 Å². The van der Waals surface area contributed by atoms with Crippen LogP contribution in [0.1, 0.15) is 36.9 Å². The molecule has 3 aliphatic rings. The lowest BCUT2D eigenvalue weighted by Gasteiger charge is -2.41. The highest BCUT2D eigenvalue weighted by Crippen LogP contribution is 2.58. The standard InChI is InChI=1S/C32H35ClF4N4O3S/c1-39-30(22-5-10-26(34)11-6-22)17-27(38-39)12-7-23-15-24-8-9-25(16-29(23)33)31(24)19-40(20-32(35,36)37)45(42,43)41(31)18-21-3-13-28(44-2)14-4-21/h3-7,10-14,17,23-25,29H,8-9,15-16,18-20H2,1-2H3/b12-7+. The first-order chi connectivity index (χ1) is 21.3. The van der Waals surface area contributed by atoms with Crippen LogP contribution in [0.25, 0.3) is 17.3 Å². The van der Waals surface area contributed by atoms with E-state index in [0.717, 1.165) is 11.3 Å². The van der Waals surface area contributed by atoms with E-state index in [-0.39, 0.29) is 42.0 Å². The van der Waals surface area contributed by atoms with Gasteiger partial charge in [-0.25, -0.2) is 4.39 Å². The molecule has 242 valence electrons. The zero-order valence-corrected chi connectivity index (χ0v) is 26.5. The number of aryl methyl sites for hydroxylation is 1. The largest absolute Gasteiger partial charge is 0.497 e. The molecule has 3 aromatic rings. The molecule has 7 nitrogen and oxygen atoms in total. The van der Waals surface area contributed by atoms with Gasteiger partial charge in [-0.15, -0.1) is 11.6 Å². The lowest BCUT2D eigenvalue weighted by Crippen LogP contribution is -2.53. The van der Waals surface area contributed by atoms with E-state index in [9.17, 15) is 26.0 Å². The van der Waals surface area contributed by atoms with E-state index in [1.54, 1.807) is 48.1 Å². The van der Waals surface area contributed by atoms with Gasteiger partial charge in [0.25, 0.3) is 10.2 Å². The van der Waals surface area contributed by atoms with Crippen molar-refractivity contribution in [3.8, 4) is 17.0 Å². The third kappa shape index (κ3) is 6.14. The molecule has 2 saturated carbocycles. The van der Waals surface area contributed by atoms with Gasteiger partial charge >= 0.3 is 6.18 Å². The third-order valence-electron chi connectivity index (χ3n) is 9.70. The Bertz CT molecular complexity index is 1660. The van der Waals surface area contributed by atoms with E-state index in [0.29, 0.717) is 47.0 Å². The fraction of sp³-hybridized carbons (Fsp3) is 0.469. The number of rotatable bonds is 7. The molecule has 45 heavy (non-hydrogen) atoms. The molecule has 2 heterocycles. The molecule has 3 fully saturated rings. The predicted molar refractivity (Wildman–Crippen MR) is 164 cm³/mol. The molecule has 1 spiro atoms. The Labute approximate surface area is 265 Å². The van der Waals surface area contributed by atoms with Crippen molar-refractivity contribution in [3.63, 3.8) is 0 Å². The molecule has 5 unspecified atom stereocenters. The second-order valence-electron chi connectivity index (χ2n) is 12.3. The van der Waals surface area contributed by atoms with E-state index >= 15 is 0 Å². The molecule has 5 atom stereocenters.